The van der Waals surface area contributed by atoms with Crippen LogP contribution < -0.4 is 10.6 Å². The molecule has 154 valence electrons. The molecule has 1 saturated heterocycles. The Morgan fingerprint density at radius 2 is 1.73 bits per heavy atom. The molecule has 2 N–H and O–H groups in total. The van der Waals surface area contributed by atoms with Crippen LogP contribution in [0.3, 0.4) is 0 Å². The van der Waals surface area contributed by atoms with E-state index in [4.69, 9.17) is 9.47 Å². The van der Waals surface area contributed by atoms with Crippen LogP contribution in [0.2, 0.25) is 0 Å². The summed E-state index contributed by atoms with van der Waals surface area (Å²) in [6, 6.07) is 0.507. The molecule has 0 aromatic heterocycles. The molecule has 1 saturated carbocycles. The van der Waals surface area contributed by atoms with Gasteiger partial charge < -0.3 is 25.0 Å². The van der Waals surface area contributed by atoms with Crippen LogP contribution in [-0.2, 0) is 9.47 Å². The summed E-state index contributed by atoms with van der Waals surface area (Å²) in [6.07, 6.45) is 10.6. The number of methoxy groups -OCH3 is 1. The van der Waals surface area contributed by atoms with E-state index < -0.39 is 0 Å². The zero-order valence-corrected chi connectivity index (χ0v) is 19.0. The van der Waals surface area contributed by atoms with Gasteiger partial charge in [0.25, 0.3) is 0 Å². The summed E-state index contributed by atoms with van der Waals surface area (Å²) in [5, 5.41) is 6.95. The van der Waals surface area contributed by atoms with Crippen molar-refractivity contribution in [2.24, 2.45) is 4.99 Å². The zero-order valence-electron chi connectivity index (χ0n) is 16.7. The minimum atomic E-state index is 0. The van der Waals surface area contributed by atoms with E-state index in [0.29, 0.717) is 12.1 Å². The van der Waals surface area contributed by atoms with E-state index in [-0.39, 0.29) is 24.0 Å². The highest BCUT2D eigenvalue weighted by Gasteiger charge is 2.19. The van der Waals surface area contributed by atoms with Gasteiger partial charge in [-0.2, -0.15) is 0 Å². The van der Waals surface area contributed by atoms with E-state index in [1.807, 2.05) is 7.05 Å². The molecule has 0 unspecified atom stereocenters. The van der Waals surface area contributed by atoms with Crippen LogP contribution in [0, 0.1) is 0 Å². The topological polar surface area (TPSA) is 58.1 Å². The van der Waals surface area contributed by atoms with Gasteiger partial charge >= 0.3 is 0 Å². The highest BCUT2D eigenvalue weighted by Crippen LogP contribution is 2.19. The van der Waals surface area contributed by atoms with Crippen molar-refractivity contribution in [2.75, 3.05) is 53.6 Å². The molecule has 0 atom stereocenters. The maximum Gasteiger partial charge on any atom is 0.191 e. The van der Waals surface area contributed by atoms with Crippen molar-refractivity contribution in [1.82, 2.24) is 15.5 Å². The predicted molar refractivity (Wildman–Crippen MR) is 119 cm³/mol. The van der Waals surface area contributed by atoms with Crippen molar-refractivity contribution >= 4 is 29.9 Å². The van der Waals surface area contributed by atoms with E-state index in [0.717, 1.165) is 58.2 Å². The number of hydrogen-bond donors (Lipinski definition) is 2. The van der Waals surface area contributed by atoms with Crippen LogP contribution in [0.5, 0.6) is 0 Å². The first-order valence-electron chi connectivity index (χ1n) is 10.1. The van der Waals surface area contributed by atoms with Crippen molar-refractivity contribution in [1.29, 1.82) is 0 Å². The second kappa shape index (κ2) is 14.9. The molecule has 1 aliphatic carbocycles. The number of likely N-dealkylation sites (tertiary alicyclic amines) is 1. The minimum Gasteiger partial charge on any atom is -0.383 e. The Balaban J connectivity index is 0.00000338. The Bertz CT molecular complexity index is 369. The summed E-state index contributed by atoms with van der Waals surface area (Å²) >= 11 is 0. The third-order valence-corrected chi connectivity index (χ3v) is 5.31. The molecular formula is C19H39IN4O2. The molecule has 6 nitrogen and oxygen atoms in total. The number of piperidine rings is 1. The normalized spacial score (nSPS) is 21.1. The molecule has 2 fully saturated rings. The van der Waals surface area contributed by atoms with Gasteiger partial charge in [-0.15, -0.1) is 24.0 Å². The number of halogens is 1. The smallest absolute Gasteiger partial charge is 0.191 e. The number of aliphatic imine (C=N–C) groups is 1. The standard InChI is InChI=1S/C19H38N4O2.HI/c1-20-19(21-11-15-25-18-7-5-3-4-6-8-18)22-17-9-12-23(13-10-17)14-16-24-2;/h17-18H,3-16H2,1-2H3,(H2,20,21,22);1H. The first kappa shape index (κ1) is 23.9. The molecule has 0 aromatic rings. The van der Waals surface area contributed by atoms with Crippen molar-refractivity contribution < 1.29 is 9.47 Å². The number of ether oxygens (including phenoxy) is 2. The lowest BCUT2D eigenvalue weighted by Crippen LogP contribution is -2.49. The summed E-state index contributed by atoms with van der Waals surface area (Å²) < 4.78 is 11.2. The van der Waals surface area contributed by atoms with Crippen molar-refractivity contribution in [3.63, 3.8) is 0 Å². The molecule has 7 heteroatoms. The van der Waals surface area contributed by atoms with Gasteiger partial charge in [-0.3, -0.25) is 4.99 Å². The number of nitrogens with zero attached hydrogens (tertiary/aromatic N) is 2. The van der Waals surface area contributed by atoms with Crippen molar-refractivity contribution in [3.05, 3.63) is 0 Å². The Kier molecular flexibility index (Phi) is 13.7. The molecule has 0 aromatic carbocycles. The van der Waals surface area contributed by atoms with Crippen LogP contribution in [0.15, 0.2) is 4.99 Å². The fourth-order valence-corrected chi connectivity index (χ4v) is 3.71. The summed E-state index contributed by atoms with van der Waals surface area (Å²) in [5.74, 6) is 0.903. The van der Waals surface area contributed by atoms with Gasteiger partial charge in [-0.05, 0) is 25.7 Å². The number of hydrogen-bond acceptors (Lipinski definition) is 4. The molecule has 0 bridgehead atoms. The van der Waals surface area contributed by atoms with Crippen LogP contribution in [0.25, 0.3) is 0 Å². The Labute approximate surface area is 176 Å². The van der Waals surface area contributed by atoms with Crippen LogP contribution in [-0.4, -0.2) is 76.6 Å². The lowest BCUT2D eigenvalue weighted by Gasteiger charge is -2.32. The lowest BCUT2D eigenvalue weighted by atomic mass is 10.1. The third-order valence-electron chi connectivity index (χ3n) is 5.31. The lowest BCUT2D eigenvalue weighted by molar-refractivity contribution is 0.0467. The first-order chi connectivity index (χ1) is 12.3. The number of nitrogens with one attached hydrogen (secondary N) is 2. The molecule has 26 heavy (non-hydrogen) atoms. The summed E-state index contributed by atoms with van der Waals surface area (Å²) in [6.45, 7) is 5.70. The van der Waals surface area contributed by atoms with E-state index in [1.165, 1.54) is 38.5 Å². The SMILES string of the molecule is CN=C(NCCOC1CCCCCC1)NC1CCN(CCOC)CC1.I. The zero-order chi connectivity index (χ0) is 17.7. The van der Waals surface area contributed by atoms with Crippen LogP contribution in [0.4, 0.5) is 0 Å². The quantitative estimate of drug-likeness (QED) is 0.183. The van der Waals surface area contributed by atoms with Gasteiger partial charge in [0.15, 0.2) is 5.96 Å². The molecule has 2 aliphatic rings. The second-order valence-corrected chi connectivity index (χ2v) is 7.24. The van der Waals surface area contributed by atoms with E-state index in [2.05, 4.69) is 20.5 Å². The molecule has 0 spiro atoms. The molecule has 1 aliphatic heterocycles. The van der Waals surface area contributed by atoms with Crippen LogP contribution in [0.1, 0.15) is 51.4 Å². The monoisotopic (exact) mass is 482 g/mol. The average Bonchev–Trinajstić information content (AvgIpc) is 2.92. The fraction of sp³-hybridized carbons (Fsp3) is 0.947. The molecule has 0 radical (unpaired) electrons. The highest BCUT2D eigenvalue weighted by atomic mass is 127. The molecule has 0 amide bonds. The number of rotatable bonds is 8. The summed E-state index contributed by atoms with van der Waals surface area (Å²) in [4.78, 5) is 6.83. The summed E-state index contributed by atoms with van der Waals surface area (Å²) in [5.41, 5.74) is 0. The van der Waals surface area contributed by atoms with Gasteiger partial charge in [0.05, 0.1) is 19.3 Å². The van der Waals surface area contributed by atoms with Gasteiger partial charge in [0.1, 0.15) is 0 Å². The Morgan fingerprint density at radius 3 is 2.35 bits per heavy atom. The van der Waals surface area contributed by atoms with Gasteiger partial charge in [-0.25, -0.2) is 0 Å². The maximum absolute atomic E-state index is 6.04. The minimum absolute atomic E-state index is 0. The van der Waals surface area contributed by atoms with Crippen LogP contribution >= 0.6 is 24.0 Å². The van der Waals surface area contributed by atoms with E-state index >= 15 is 0 Å². The van der Waals surface area contributed by atoms with Gasteiger partial charge in [-0.1, -0.05) is 25.7 Å². The third kappa shape index (κ3) is 9.71. The first-order valence-corrected chi connectivity index (χ1v) is 10.1. The summed E-state index contributed by atoms with van der Waals surface area (Å²) in [7, 11) is 3.61. The second-order valence-electron chi connectivity index (χ2n) is 7.24. The van der Waals surface area contributed by atoms with E-state index in [1.54, 1.807) is 7.11 Å². The molecule has 1 heterocycles. The molecule has 2 rings (SSSR count). The van der Waals surface area contributed by atoms with Crippen molar-refractivity contribution in [2.45, 2.75) is 63.5 Å². The van der Waals surface area contributed by atoms with Gasteiger partial charge in [0, 0.05) is 46.4 Å². The van der Waals surface area contributed by atoms with E-state index in [9.17, 15) is 0 Å². The Morgan fingerprint density at radius 1 is 1.04 bits per heavy atom. The maximum atomic E-state index is 6.04. The predicted octanol–water partition coefficient (Wildman–Crippen LogP) is 2.62. The van der Waals surface area contributed by atoms with Crippen molar-refractivity contribution in [3.8, 4) is 0 Å². The highest BCUT2D eigenvalue weighted by molar-refractivity contribution is 14.0. The number of guanidine groups is 1. The average molecular weight is 482 g/mol. The largest absolute Gasteiger partial charge is 0.383 e. The van der Waals surface area contributed by atoms with Gasteiger partial charge in [0.2, 0.25) is 0 Å². The Hall–Kier alpha value is -0.120. The molecular weight excluding hydrogens is 443 g/mol. The fourth-order valence-electron chi connectivity index (χ4n) is 3.71.